The van der Waals surface area contributed by atoms with E-state index >= 15 is 0 Å². The summed E-state index contributed by atoms with van der Waals surface area (Å²) in [5, 5.41) is 3.93. The summed E-state index contributed by atoms with van der Waals surface area (Å²) in [5.74, 6) is 0. The topological polar surface area (TPSA) is 0 Å². The van der Waals surface area contributed by atoms with Crippen molar-refractivity contribution < 1.29 is 20.0 Å². The molecule has 2 atom stereocenters. The van der Waals surface area contributed by atoms with Gasteiger partial charge in [0.15, 0.2) is 0 Å². The van der Waals surface area contributed by atoms with E-state index < -0.39 is 28.0 Å². The van der Waals surface area contributed by atoms with Crippen LogP contribution < -0.4 is 0 Å². The fourth-order valence-electron chi connectivity index (χ4n) is 11.3. The first-order chi connectivity index (χ1) is 26.5. The predicted octanol–water partition coefficient (Wildman–Crippen LogP) is 16.8. The maximum atomic E-state index is 2.87. The minimum absolute atomic E-state index is 0.148. The molecule has 296 valence electrons. The van der Waals surface area contributed by atoms with E-state index in [2.05, 4.69) is 164 Å². The number of hydrogen-bond acceptors (Lipinski definition) is 0. The zero-order chi connectivity index (χ0) is 40.2. The number of allylic oxidation sites excluding steroid dienone is 2. The molecule has 0 aromatic heterocycles. The molecule has 0 amide bonds. The molecule has 0 bridgehead atoms. The SMILES string of the molecule is CCCCCC[Si]1(CCCCCC)C2=Cc3c(-c4ccc(C(C)(C)C)cc4C)cccc3[CH]2[Hf]([CH3])([CH3])[CH]2C1=Cc1c(-c3ccc(C(C)(C)C)cc3C)cccc12. The molecule has 2 aliphatic carbocycles. The maximum absolute atomic E-state index is 3.22. The van der Waals surface area contributed by atoms with Crippen LogP contribution in [-0.4, -0.2) is 8.07 Å². The van der Waals surface area contributed by atoms with Gasteiger partial charge >= 0.3 is 350 Å². The van der Waals surface area contributed by atoms with Crippen LogP contribution in [-0.2, 0) is 30.8 Å². The Balaban J connectivity index is 1.45. The van der Waals surface area contributed by atoms with Crippen LogP contribution in [0.25, 0.3) is 34.4 Å². The van der Waals surface area contributed by atoms with Gasteiger partial charge in [0.05, 0.1) is 0 Å². The van der Waals surface area contributed by atoms with Crippen LogP contribution >= 0.6 is 0 Å². The molecule has 0 N–H and O–H groups in total. The zero-order valence-corrected chi connectivity index (χ0v) is 41.9. The molecule has 0 nitrogen and oxygen atoms in total. The quantitative estimate of drug-likeness (QED) is 0.0981. The predicted molar refractivity (Wildman–Crippen MR) is 247 cm³/mol. The summed E-state index contributed by atoms with van der Waals surface area (Å²) in [6.45, 7) is 23.5. The van der Waals surface area contributed by atoms with Crippen LogP contribution in [0.2, 0.25) is 21.4 Å². The van der Waals surface area contributed by atoms with Gasteiger partial charge in [0.2, 0.25) is 0 Å². The van der Waals surface area contributed by atoms with E-state index in [1.165, 1.54) is 108 Å². The third-order valence-corrected chi connectivity index (χ3v) is 37.1. The van der Waals surface area contributed by atoms with Crippen molar-refractivity contribution in [1.82, 2.24) is 0 Å². The van der Waals surface area contributed by atoms with Gasteiger partial charge in [-0.1, -0.05) is 0 Å². The van der Waals surface area contributed by atoms with Crippen molar-refractivity contribution in [3.05, 3.63) is 128 Å². The molecule has 1 heterocycles. The normalized spacial score (nSPS) is 19.2. The molecular formula is C54H72HfSi. The second kappa shape index (κ2) is 15.9. The van der Waals surface area contributed by atoms with Gasteiger partial charge < -0.3 is 0 Å². The van der Waals surface area contributed by atoms with E-state index in [0.717, 1.165) is 0 Å². The molecule has 0 radical (unpaired) electrons. The van der Waals surface area contributed by atoms with Crippen molar-refractivity contribution in [3.8, 4) is 22.3 Å². The van der Waals surface area contributed by atoms with Crippen LogP contribution in [0.1, 0.15) is 159 Å². The fraction of sp³-hybridized carbons (Fsp3) is 0.481. The van der Waals surface area contributed by atoms with Crippen LogP contribution in [0.5, 0.6) is 0 Å². The Labute approximate surface area is 348 Å². The minimum atomic E-state index is -3.22. The standard InChI is InChI=1S/C52H66Si.2CH3.Hf/c1-11-13-15-17-29-53(30-18-16-14-12-2,43-33-39-21-19-23-47(49(39)35-43)45-27-25-41(31-37(45)3)51(5,6)7)44-34-40-22-20-24-48(50(40)36-44)46-28-26-42(32-38(46)4)52(8,9)10;;;/h19-28,31-36H,11-18,29-30H2,1-10H3;2*1H3;. The van der Waals surface area contributed by atoms with Crippen LogP contribution in [0, 0.1) is 13.8 Å². The first-order valence-electron chi connectivity index (χ1n) is 22.5. The van der Waals surface area contributed by atoms with E-state index in [0.29, 0.717) is 7.35 Å². The number of fused-ring (bicyclic) bond motifs is 6. The van der Waals surface area contributed by atoms with Crippen molar-refractivity contribution in [1.29, 1.82) is 0 Å². The van der Waals surface area contributed by atoms with Gasteiger partial charge in [-0.2, -0.15) is 0 Å². The third kappa shape index (κ3) is 7.35. The van der Waals surface area contributed by atoms with E-state index in [1.54, 1.807) is 22.3 Å². The summed E-state index contributed by atoms with van der Waals surface area (Å²) in [4.78, 5) is 0. The van der Waals surface area contributed by atoms with Crippen LogP contribution in [0.4, 0.5) is 0 Å². The first-order valence-corrected chi connectivity index (χ1v) is 36.2. The van der Waals surface area contributed by atoms with Crippen molar-refractivity contribution >= 4 is 20.2 Å². The third-order valence-electron chi connectivity index (χ3n) is 14.4. The zero-order valence-electron chi connectivity index (χ0n) is 37.3. The molecule has 2 unspecified atom stereocenters. The Hall–Kier alpha value is -2.55. The van der Waals surface area contributed by atoms with Crippen molar-refractivity contribution in [2.24, 2.45) is 0 Å². The number of unbranched alkanes of at least 4 members (excludes halogenated alkanes) is 6. The molecule has 4 aromatic rings. The number of hydrogen-bond donors (Lipinski definition) is 0. The molecule has 2 heteroatoms. The molecule has 0 spiro atoms. The Morgan fingerprint density at radius 3 is 1.29 bits per heavy atom. The Kier molecular flexibility index (Phi) is 11.8. The number of benzene rings is 4. The monoisotopic (exact) mass is 928 g/mol. The van der Waals surface area contributed by atoms with E-state index in [9.17, 15) is 0 Å². The fourth-order valence-corrected chi connectivity index (χ4v) is 44.2. The van der Waals surface area contributed by atoms with E-state index in [-0.39, 0.29) is 10.8 Å². The van der Waals surface area contributed by atoms with Gasteiger partial charge in [0, 0.05) is 0 Å². The average Bonchev–Trinajstić information content (AvgIpc) is 3.75. The molecule has 3 aliphatic rings. The molecule has 1 saturated heterocycles. The number of aryl methyl sites for hydroxylation is 2. The number of rotatable bonds is 12. The molecule has 4 aromatic carbocycles. The van der Waals surface area contributed by atoms with Gasteiger partial charge in [-0.3, -0.25) is 0 Å². The summed E-state index contributed by atoms with van der Waals surface area (Å²) < 4.78 is 7.07. The molecule has 0 saturated carbocycles. The van der Waals surface area contributed by atoms with E-state index in [1.807, 2.05) is 10.4 Å². The Morgan fingerprint density at radius 2 is 0.929 bits per heavy atom. The summed E-state index contributed by atoms with van der Waals surface area (Å²) in [6, 6.07) is 32.4. The van der Waals surface area contributed by atoms with Crippen LogP contribution in [0.15, 0.2) is 83.2 Å². The summed E-state index contributed by atoms with van der Waals surface area (Å²) in [6.07, 6.45) is 16.6. The molecule has 1 fully saturated rings. The summed E-state index contributed by atoms with van der Waals surface area (Å²) in [7, 11) is -2.09. The summed E-state index contributed by atoms with van der Waals surface area (Å²) >= 11 is -3.22. The second-order valence-corrected chi connectivity index (χ2v) is 42.3. The van der Waals surface area contributed by atoms with Crippen molar-refractivity contribution in [2.45, 2.75) is 160 Å². The molecule has 56 heavy (non-hydrogen) atoms. The average molecular weight is 928 g/mol. The second-order valence-electron chi connectivity index (χ2n) is 20.8. The van der Waals surface area contributed by atoms with Gasteiger partial charge in [-0.15, -0.1) is 0 Å². The van der Waals surface area contributed by atoms with Gasteiger partial charge in [-0.05, 0) is 0 Å². The first kappa shape index (κ1) is 41.6. The molecule has 1 aliphatic heterocycles. The molecular weight excluding hydrogens is 855 g/mol. The van der Waals surface area contributed by atoms with E-state index in [4.69, 9.17) is 0 Å². The summed E-state index contributed by atoms with van der Waals surface area (Å²) in [5.41, 5.74) is 18.3. The van der Waals surface area contributed by atoms with Gasteiger partial charge in [0.1, 0.15) is 0 Å². The molecule has 7 rings (SSSR count). The Bertz CT molecular complexity index is 2010. The van der Waals surface area contributed by atoms with Gasteiger partial charge in [0.25, 0.3) is 0 Å². The van der Waals surface area contributed by atoms with Crippen molar-refractivity contribution in [2.75, 3.05) is 0 Å². The van der Waals surface area contributed by atoms with Crippen LogP contribution in [0.3, 0.4) is 0 Å². The Morgan fingerprint density at radius 1 is 0.518 bits per heavy atom. The van der Waals surface area contributed by atoms with Crippen molar-refractivity contribution in [3.63, 3.8) is 0 Å². The van der Waals surface area contributed by atoms with Gasteiger partial charge in [-0.25, -0.2) is 0 Å².